The number of hydrogen-bond donors (Lipinski definition) is 1. The Labute approximate surface area is 280 Å². The van der Waals surface area contributed by atoms with Crippen LogP contribution in [0, 0.1) is 0 Å². The number of nitrogens with one attached hydrogen (secondary N) is 1. The van der Waals surface area contributed by atoms with Gasteiger partial charge in [-0.1, -0.05) is 77.8 Å². The van der Waals surface area contributed by atoms with Gasteiger partial charge in [-0.25, -0.2) is 8.42 Å². The summed E-state index contributed by atoms with van der Waals surface area (Å²) in [5, 5.41) is 3.61. The van der Waals surface area contributed by atoms with Gasteiger partial charge in [-0.3, -0.25) is 13.9 Å². The molecule has 0 spiro atoms. The SMILES string of the molecule is CC(C)(C)NC(=O)[C@H](Cc1ccccc1)N(Cc1c(Cl)cccc1Cl)C(=O)CN(c1ccc(Oc2ccccc2)cc1)S(C)(=O)=O. The number of ether oxygens (including phenoxy) is 1. The maximum atomic E-state index is 14.3. The zero-order valence-corrected chi connectivity index (χ0v) is 28.4. The largest absolute Gasteiger partial charge is 0.457 e. The van der Waals surface area contributed by atoms with Crippen molar-refractivity contribution in [2.24, 2.45) is 0 Å². The van der Waals surface area contributed by atoms with E-state index in [2.05, 4.69) is 5.32 Å². The van der Waals surface area contributed by atoms with Crippen LogP contribution in [-0.4, -0.2) is 49.5 Å². The average molecular weight is 683 g/mol. The monoisotopic (exact) mass is 681 g/mol. The number of anilines is 1. The van der Waals surface area contributed by atoms with Gasteiger partial charge in [0.1, 0.15) is 24.1 Å². The third-order valence-corrected chi connectivity index (χ3v) is 8.79. The highest BCUT2D eigenvalue weighted by molar-refractivity contribution is 7.92. The van der Waals surface area contributed by atoms with Gasteiger partial charge in [-0.2, -0.15) is 0 Å². The summed E-state index contributed by atoms with van der Waals surface area (Å²) in [6.07, 6.45) is 1.19. The lowest BCUT2D eigenvalue weighted by molar-refractivity contribution is -0.140. The molecule has 4 aromatic carbocycles. The van der Waals surface area contributed by atoms with Crippen LogP contribution in [0.1, 0.15) is 31.9 Å². The molecular weight excluding hydrogens is 645 g/mol. The van der Waals surface area contributed by atoms with Gasteiger partial charge in [0.2, 0.25) is 21.8 Å². The Morgan fingerprint density at radius 1 is 0.804 bits per heavy atom. The third kappa shape index (κ3) is 9.72. The molecule has 0 aliphatic rings. The standard InChI is InChI=1S/C35H37Cl2N3O5S/c1-35(2,3)38-34(42)32(22-25-12-7-5-8-13-25)39(23-29-30(36)16-11-17-31(29)37)33(41)24-40(46(4,43)44)26-18-20-28(21-19-26)45-27-14-9-6-10-15-27/h5-21,32H,22-24H2,1-4H3,(H,38,42)/t32-/m0/s1. The molecule has 4 aromatic rings. The molecule has 0 aromatic heterocycles. The second-order valence-electron chi connectivity index (χ2n) is 11.8. The van der Waals surface area contributed by atoms with Crippen LogP contribution >= 0.6 is 23.2 Å². The number of hydrogen-bond acceptors (Lipinski definition) is 5. The molecule has 0 heterocycles. The van der Waals surface area contributed by atoms with Crippen LogP contribution in [0.15, 0.2) is 103 Å². The lowest BCUT2D eigenvalue weighted by Crippen LogP contribution is -2.56. The zero-order chi connectivity index (χ0) is 33.5. The first-order valence-corrected chi connectivity index (χ1v) is 17.2. The Balaban J connectivity index is 1.72. The van der Waals surface area contributed by atoms with Crippen molar-refractivity contribution in [2.75, 3.05) is 17.1 Å². The number of halogens is 2. The van der Waals surface area contributed by atoms with E-state index >= 15 is 0 Å². The molecule has 0 aliphatic heterocycles. The fourth-order valence-electron chi connectivity index (χ4n) is 4.78. The first-order valence-electron chi connectivity index (χ1n) is 14.6. The minimum atomic E-state index is -3.95. The van der Waals surface area contributed by atoms with Crippen molar-refractivity contribution in [2.45, 2.75) is 45.3 Å². The molecule has 242 valence electrons. The summed E-state index contributed by atoms with van der Waals surface area (Å²) in [4.78, 5) is 29.6. The quantitative estimate of drug-likeness (QED) is 0.172. The van der Waals surface area contributed by atoms with Crippen molar-refractivity contribution in [1.82, 2.24) is 10.2 Å². The first-order chi connectivity index (χ1) is 21.7. The molecule has 0 aliphatic carbocycles. The van der Waals surface area contributed by atoms with Crippen LogP contribution < -0.4 is 14.4 Å². The number of benzene rings is 4. The molecule has 2 amide bonds. The van der Waals surface area contributed by atoms with E-state index in [1.54, 1.807) is 54.6 Å². The predicted molar refractivity (Wildman–Crippen MR) is 184 cm³/mol. The van der Waals surface area contributed by atoms with E-state index in [4.69, 9.17) is 27.9 Å². The van der Waals surface area contributed by atoms with Gasteiger partial charge >= 0.3 is 0 Å². The molecule has 1 N–H and O–H groups in total. The van der Waals surface area contributed by atoms with Crippen molar-refractivity contribution in [3.05, 3.63) is 124 Å². The average Bonchev–Trinajstić information content (AvgIpc) is 2.99. The summed E-state index contributed by atoms with van der Waals surface area (Å²) in [6, 6.07) is 28.8. The summed E-state index contributed by atoms with van der Waals surface area (Å²) >= 11 is 13.1. The molecule has 0 fully saturated rings. The van der Waals surface area contributed by atoms with E-state index < -0.39 is 40.0 Å². The van der Waals surface area contributed by atoms with Crippen molar-refractivity contribution in [3.8, 4) is 11.5 Å². The van der Waals surface area contributed by atoms with Crippen LogP contribution in [0.4, 0.5) is 5.69 Å². The molecule has 8 nitrogen and oxygen atoms in total. The molecule has 0 saturated heterocycles. The molecule has 0 bridgehead atoms. The van der Waals surface area contributed by atoms with Gasteiger partial charge in [0.05, 0.1) is 11.9 Å². The lowest BCUT2D eigenvalue weighted by atomic mass is 10.0. The Morgan fingerprint density at radius 2 is 1.35 bits per heavy atom. The predicted octanol–water partition coefficient (Wildman–Crippen LogP) is 7.11. The van der Waals surface area contributed by atoms with Gasteiger partial charge < -0.3 is 15.0 Å². The van der Waals surface area contributed by atoms with Crippen LogP contribution in [0.5, 0.6) is 11.5 Å². The second-order valence-corrected chi connectivity index (χ2v) is 14.6. The summed E-state index contributed by atoms with van der Waals surface area (Å²) in [5.41, 5.74) is 0.902. The van der Waals surface area contributed by atoms with Crippen LogP contribution in [0.25, 0.3) is 0 Å². The van der Waals surface area contributed by atoms with E-state index in [0.29, 0.717) is 27.1 Å². The van der Waals surface area contributed by atoms with E-state index in [1.807, 2.05) is 69.3 Å². The Kier molecular flexibility index (Phi) is 11.4. The number of carbonyl (C=O) groups is 2. The van der Waals surface area contributed by atoms with Crippen LogP contribution in [-0.2, 0) is 32.6 Å². The van der Waals surface area contributed by atoms with E-state index in [9.17, 15) is 18.0 Å². The number of rotatable bonds is 12. The molecule has 46 heavy (non-hydrogen) atoms. The van der Waals surface area contributed by atoms with Gasteiger partial charge in [0.25, 0.3) is 0 Å². The summed E-state index contributed by atoms with van der Waals surface area (Å²) in [7, 11) is -3.95. The lowest BCUT2D eigenvalue weighted by Gasteiger charge is -2.35. The number of para-hydroxylation sites is 1. The second kappa shape index (κ2) is 15.0. The number of carbonyl (C=O) groups excluding carboxylic acids is 2. The minimum Gasteiger partial charge on any atom is -0.457 e. The highest BCUT2D eigenvalue weighted by Crippen LogP contribution is 2.29. The number of nitrogens with zero attached hydrogens (tertiary/aromatic N) is 2. The van der Waals surface area contributed by atoms with Crippen molar-refractivity contribution in [3.63, 3.8) is 0 Å². The van der Waals surface area contributed by atoms with E-state index in [0.717, 1.165) is 16.1 Å². The highest BCUT2D eigenvalue weighted by atomic mass is 35.5. The molecule has 0 saturated carbocycles. The Morgan fingerprint density at radius 3 is 1.89 bits per heavy atom. The van der Waals surface area contributed by atoms with Crippen LogP contribution in [0.3, 0.4) is 0 Å². The fraction of sp³-hybridized carbons (Fsp3) is 0.257. The number of sulfonamides is 1. The third-order valence-electron chi connectivity index (χ3n) is 6.94. The van der Waals surface area contributed by atoms with E-state index in [-0.39, 0.29) is 18.7 Å². The smallest absolute Gasteiger partial charge is 0.244 e. The molecule has 1 atom stereocenters. The van der Waals surface area contributed by atoms with Crippen molar-refractivity contribution in [1.29, 1.82) is 0 Å². The molecule has 0 unspecified atom stereocenters. The molecule has 4 rings (SSSR count). The first kappa shape index (κ1) is 34.8. The zero-order valence-electron chi connectivity index (χ0n) is 26.1. The maximum Gasteiger partial charge on any atom is 0.244 e. The normalized spacial score (nSPS) is 12.2. The minimum absolute atomic E-state index is 0.131. The van der Waals surface area contributed by atoms with Gasteiger partial charge in [0.15, 0.2) is 0 Å². The Bertz CT molecular complexity index is 1730. The van der Waals surface area contributed by atoms with Gasteiger partial charge in [0, 0.05) is 34.1 Å². The van der Waals surface area contributed by atoms with Gasteiger partial charge in [-0.15, -0.1) is 0 Å². The maximum absolute atomic E-state index is 14.3. The Hall–Kier alpha value is -4.05. The summed E-state index contributed by atoms with van der Waals surface area (Å²) < 4.78 is 33.1. The molecular formula is C35H37Cl2N3O5S. The highest BCUT2D eigenvalue weighted by Gasteiger charge is 2.35. The molecule has 11 heteroatoms. The topological polar surface area (TPSA) is 96.0 Å². The van der Waals surface area contributed by atoms with Crippen LogP contribution in [0.2, 0.25) is 10.0 Å². The van der Waals surface area contributed by atoms with E-state index in [1.165, 1.54) is 4.90 Å². The number of amides is 2. The van der Waals surface area contributed by atoms with Crippen molar-refractivity contribution >= 4 is 50.7 Å². The summed E-state index contributed by atoms with van der Waals surface area (Å²) in [5.74, 6) is 0.0981. The molecule has 0 radical (unpaired) electrons. The summed E-state index contributed by atoms with van der Waals surface area (Å²) in [6.45, 7) is 4.83. The van der Waals surface area contributed by atoms with Gasteiger partial charge in [-0.05, 0) is 74.9 Å². The van der Waals surface area contributed by atoms with Crippen molar-refractivity contribution < 1.29 is 22.7 Å². The fourth-order valence-corrected chi connectivity index (χ4v) is 6.15.